The van der Waals surface area contributed by atoms with E-state index in [1.165, 1.54) is 0 Å². The predicted octanol–water partition coefficient (Wildman–Crippen LogP) is 1.04. The zero-order valence-corrected chi connectivity index (χ0v) is 6.42. The summed E-state index contributed by atoms with van der Waals surface area (Å²) < 4.78 is 5.20. The molecule has 0 aliphatic heterocycles. The van der Waals surface area contributed by atoms with Gasteiger partial charge in [0.2, 0.25) is 0 Å². The van der Waals surface area contributed by atoms with E-state index >= 15 is 0 Å². The monoisotopic (exact) mass is 132 g/mol. The lowest BCUT2D eigenvalue weighted by Crippen LogP contribution is -2.17. The van der Waals surface area contributed by atoms with Gasteiger partial charge in [-0.15, -0.1) is 0 Å². The van der Waals surface area contributed by atoms with Crippen LogP contribution in [0.4, 0.5) is 0 Å². The SMILES string of the molecule is CC(C)[C@@H](C)OCCO. The molecule has 0 bridgehead atoms. The number of aliphatic hydroxyl groups excluding tert-OH is 1. The average molecular weight is 132 g/mol. The summed E-state index contributed by atoms with van der Waals surface area (Å²) in [6.07, 6.45) is 0.261. The second-order valence-electron chi connectivity index (χ2n) is 2.54. The first-order valence-electron chi connectivity index (χ1n) is 3.41. The Balaban J connectivity index is 3.16. The standard InChI is InChI=1S/C7H16O2/c1-6(2)7(3)9-5-4-8/h6-8H,4-5H2,1-3H3/t7-/m1/s1. The van der Waals surface area contributed by atoms with Crippen LogP contribution < -0.4 is 0 Å². The van der Waals surface area contributed by atoms with Gasteiger partial charge in [-0.1, -0.05) is 13.8 Å². The second-order valence-corrected chi connectivity index (χ2v) is 2.54. The van der Waals surface area contributed by atoms with Gasteiger partial charge >= 0.3 is 0 Å². The van der Waals surface area contributed by atoms with E-state index in [1.54, 1.807) is 0 Å². The molecule has 0 aromatic heterocycles. The summed E-state index contributed by atoms with van der Waals surface area (Å²) in [6.45, 7) is 6.79. The molecule has 0 unspecified atom stereocenters. The number of hydrogen-bond acceptors (Lipinski definition) is 2. The van der Waals surface area contributed by atoms with Crippen LogP contribution in [0.1, 0.15) is 20.8 Å². The average Bonchev–Trinajstić information content (AvgIpc) is 1.82. The molecule has 0 heterocycles. The Labute approximate surface area is 56.8 Å². The molecule has 0 saturated heterocycles. The summed E-state index contributed by atoms with van der Waals surface area (Å²) in [7, 11) is 0. The van der Waals surface area contributed by atoms with E-state index in [0.29, 0.717) is 12.5 Å². The molecule has 0 radical (unpaired) electrons. The maximum absolute atomic E-state index is 8.37. The molecule has 0 saturated carbocycles. The first kappa shape index (κ1) is 8.92. The summed E-state index contributed by atoms with van der Waals surface area (Å²) in [5, 5.41) is 8.37. The first-order valence-corrected chi connectivity index (χ1v) is 3.41. The Morgan fingerprint density at radius 3 is 2.22 bits per heavy atom. The molecule has 0 fully saturated rings. The molecule has 0 spiro atoms. The van der Waals surface area contributed by atoms with Crippen molar-refractivity contribution in [3.63, 3.8) is 0 Å². The third-order valence-corrected chi connectivity index (χ3v) is 1.41. The molecule has 1 N–H and O–H groups in total. The second kappa shape index (κ2) is 4.77. The van der Waals surface area contributed by atoms with Crippen molar-refractivity contribution in [1.82, 2.24) is 0 Å². The van der Waals surface area contributed by atoms with Gasteiger partial charge in [-0.3, -0.25) is 0 Å². The Morgan fingerprint density at radius 2 is 1.89 bits per heavy atom. The zero-order chi connectivity index (χ0) is 7.28. The van der Waals surface area contributed by atoms with E-state index in [2.05, 4.69) is 13.8 Å². The molecular weight excluding hydrogens is 116 g/mol. The van der Waals surface area contributed by atoms with Crippen LogP contribution in [0, 0.1) is 5.92 Å². The molecule has 56 valence electrons. The summed E-state index contributed by atoms with van der Waals surface area (Å²) >= 11 is 0. The van der Waals surface area contributed by atoms with Crippen LogP contribution in [0.2, 0.25) is 0 Å². The zero-order valence-electron chi connectivity index (χ0n) is 6.42. The fourth-order valence-corrected chi connectivity index (χ4v) is 0.431. The summed E-state index contributed by atoms with van der Waals surface area (Å²) in [5.74, 6) is 0.538. The van der Waals surface area contributed by atoms with Gasteiger partial charge in [0.1, 0.15) is 0 Å². The molecule has 0 aromatic carbocycles. The van der Waals surface area contributed by atoms with Gasteiger partial charge in [-0.05, 0) is 12.8 Å². The molecule has 0 aromatic rings. The molecule has 0 aliphatic carbocycles. The van der Waals surface area contributed by atoms with Gasteiger partial charge in [0, 0.05) is 0 Å². The van der Waals surface area contributed by atoms with Crippen molar-refractivity contribution in [1.29, 1.82) is 0 Å². The van der Waals surface area contributed by atoms with Crippen LogP contribution in [-0.4, -0.2) is 24.4 Å². The van der Waals surface area contributed by atoms with Crippen LogP contribution >= 0.6 is 0 Å². The number of hydrogen-bond donors (Lipinski definition) is 1. The topological polar surface area (TPSA) is 29.5 Å². The highest BCUT2D eigenvalue weighted by Crippen LogP contribution is 2.03. The maximum atomic E-state index is 8.37. The smallest absolute Gasteiger partial charge is 0.0701 e. The van der Waals surface area contributed by atoms with Crippen molar-refractivity contribution in [2.24, 2.45) is 5.92 Å². The molecule has 0 aliphatic rings. The highest BCUT2D eigenvalue weighted by molar-refractivity contribution is 4.53. The summed E-state index contributed by atoms with van der Waals surface area (Å²) in [5.41, 5.74) is 0. The normalized spacial score (nSPS) is 14.3. The predicted molar refractivity (Wildman–Crippen MR) is 37.3 cm³/mol. The van der Waals surface area contributed by atoms with E-state index < -0.39 is 0 Å². The van der Waals surface area contributed by atoms with E-state index in [4.69, 9.17) is 9.84 Å². The van der Waals surface area contributed by atoms with Crippen LogP contribution in [-0.2, 0) is 4.74 Å². The minimum atomic E-state index is 0.122. The largest absolute Gasteiger partial charge is 0.394 e. The van der Waals surface area contributed by atoms with Gasteiger partial charge < -0.3 is 9.84 Å². The molecule has 0 amide bonds. The number of ether oxygens (including phenoxy) is 1. The van der Waals surface area contributed by atoms with Gasteiger partial charge in [-0.25, -0.2) is 0 Å². The van der Waals surface area contributed by atoms with Crippen LogP contribution in [0.15, 0.2) is 0 Å². The quantitative estimate of drug-likeness (QED) is 0.619. The van der Waals surface area contributed by atoms with E-state index in [1.807, 2.05) is 6.92 Å². The molecule has 2 heteroatoms. The highest BCUT2D eigenvalue weighted by Gasteiger charge is 2.04. The van der Waals surface area contributed by atoms with Gasteiger partial charge in [0.25, 0.3) is 0 Å². The molecule has 0 rings (SSSR count). The highest BCUT2D eigenvalue weighted by atomic mass is 16.5. The van der Waals surface area contributed by atoms with E-state index in [-0.39, 0.29) is 12.7 Å². The Hall–Kier alpha value is -0.0800. The lowest BCUT2D eigenvalue weighted by Gasteiger charge is -2.14. The Bertz CT molecular complexity index is 61.9. The molecule has 1 atom stereocenters. The van der Waals surface area contributed by atoms with E-state index in [0.717, 1.165) is 0 Å². The maximum Gasteiger partial charge on any atom is 0.0701 e. The molecule has 2 nitrogen and oxygen atoms in total. The van der Waals surface area contributed by atoms with Crippen LogP contribution in [0.25, 0.3) is 0 Å². The lowest BCUT2D eigenvalue weighted by atomic mass is 10.1. The van der Waals surface area contributed by atoms with Gasteiger partial charge in [0.05, 0.1) is 19.3 Å². The van der Waals surface area contributed by atoms with Gasteiger partial charge in [-0.2, -0.15) is 0 Å². The van der Waals surface area contributed by atoms with Crippen molar-refractivity contribution >= 4 is 0 Å². The fourth-order valence-electron chi connectivity index (χ4n) is 0.431. The number of rotatable bonds is 4. The van der Waals surface area contributed by atoms with E-state index in [9.17, 15) is 0 Å². The van der Waals surface area contributed by atoms with Gasteiger partial charge in [0.15, 0.2) is 0 Å². The third kappa shape index (κ3) is 4.43. The molecular formula is C7H16O2. The fraction of sp³-hybridized carbons (Fsp3) is 1.00. The lowest BCUT2D eigenvalue weighted by molar-refractivity contribution is 0.0144. The van der Waals surface area contributed by atoms with Crippen molar-refractivity contribution in [3.05, 3.63) is 0 Å². The third-order valence-electron chi connectivity index (χ3n) is 1.41. The first-order chi connectivity index (χ1) is 4.18. The summed E-state index contributed by atoms with van der Waals surface area (Å²) in [6, 6.07) is 0. The van der Waals surface area contributed by atoms with Crippen molar-refractivity contribution in [2.75, 3.05) is 13.2 Å². The van der Waals surface area contributed by atoms with Crippen LogP contribution in [0.5, 0.6) is 0 Å². The minimum Gasteiger partial charge on any atom is -0.394 e. The van der Waals surface area contributed by atoms with Crippen molar-refractivity contribution in [2.45, 2.75) is 26.9 Å². The Kier molecular flexibility index (Phi) is 4.72. The molecule has 9 heavy (non-hydrogen) atoms. The minimum absolute atomic E-state index is 0.122. The Morgan fingerprint density at radius 1 is 1.33 bits per heavy atom. The van der Waals surface area contributed by atoms with Crippen LogP contribution in [0.3, 0.4) is 0 Å². The summed E-state index contributed by atoms with van der Waals surface area (Å²) in [4.78, 5) is 0. The van der Waals surface area contributed by atoms with Crippen molar-refractivity contribution < 1.29 is 9.84 Å². The number of aliphatic hydroxyl groups is 1. The van der Waals surface area contributed by atoms with Crippen molar-refractivity contribution in [3.8, 4) is 0 Å².